The van der Waals surface area contributed by atoms with Crippen LogP contribution in [0, 0.1) is 0 Å². The molecule has 0 saturated carbocycles. The zero-order valence-electron chi connectivity index (χ0n) is 9.43. The standard InChI is InChI=1S/C11H15ClN2O2S/c1-9(13)8-14-17(15,16)7-6-10-2-4-11(12)5-3-10/h2-7,9,14H,8,13H2,1H3. The molecule has 4 nitrogen and oxygen atoms in total. The molecule has 94 valence electrons. The zero-order chi connectivity index (χ0) is 12.9. The van der Waals surface area contributed by atoms with E-state index in [1.54, 1.807) is 31.2 Å². The van der Waals surface area contributed by atoms with Crippen molar-refractivity contribution in [1.29, 1.82) is 0 Å². The van der Waals surface area contributed by atoms with Crippen LogP contribution in [0.3, 0.4) is 0 Å². The second kappa shape index (κ2) is 6.16. The minimum atomic E-state index is -3.43. The molecule has 0 aromatic heterocycles. The van der Waals surface area contributed by atoms with Crippen molar-refractivity contribution < 1.29 is 8.42 Å². The topological polar surface area (TPSA) is 72.2 Å². The summed E-state index contributed by atoms with van der Waals surface area (Å²) in [6.07, 6.45) is 1.50. The van der Waals surface area contributed by atoms with Crippen molar-refractivity contribution in [2.75, 3.05) is 6.54 Å². The number of nitrogens with two attached hydrogens (primary N) is 1. The number of benzene rings is 1. The first-order valence-electron chi connectivity index (χ1n) is 5.08. The Morgan fingerprint density at radius 3 is 2.53 bits per heavy atom. The monoisotopic (exact) mass is 274 g/mol. The summed E-state index contributed by atoms with van der Waals surface area (Å²) in [4.78, 5) is 0. The van der Waals surface area contributed by atoms with Crippen molar-refractivity contribution in [3.05, 3.63) is 40.3 Å². The number of rotatable bonds is 5. The third-order valence-corrected chi connectivity index (χ3v) is 3.23. The maximum absolute atomic E-state index is 11.5. The van der Waals surface area contributed by atoms with Gasteiger partial charge in [0, 0.05) is 23.0 Å². The number of nitrogens with one attached hydrogen (secondary N) is 1. The van der Waals surface area contributed by atoms with E-state index in [-0.39, 0.29) is 12.6 Å². The Bertz CT molecular complexity index is 481. The van der Waals surface area contributed by atoms with Gasteiger partial charge in [-0.2, -0.15) is 0 Å². The lowest BCUT2D eigenvalue weighted by Crippen LogP contribution is -2.34. The van der Waals surface area contributed by atoms with Gasteiger partial charge in [0.15, 0.2) is 0 Å². The Labute approximate surface area is 107 Å². The number of halogens is 1. The third-order valence-electron chi connectivity index (χ3n) is 1.92. The fourth-order valence-corrected chi connectivity index (χ4v) is 2.09. The van der Waals surface area contributed by atoms with Crippen molar-refractivity contribution in [3.63, 3.8) is 0 Å². The number of hydrogen-bond donors (Lipinski definition) is 2. The van der Waals surface area contributed by atoms with Gasteiger partial charge in [0.25, 0.3) is 0 Å². The second-order valence-corrected chi connectivity index (χ2v) is 5.81. The lowest BCUT2D eigenvalue weighted by molar-refractivity contribution is 0.583. The molecule has 17 heavy (non-hydrogen) atoms. The lowest BCUT2D eigenvalue weighted by Gasteiger charge is -2.05. The van der Waals surface area contributed by atoms with E-state index in [0.29, 0.717) is 5.02 Å². The van der Waals surface area contributed by atoms with Crippen molar-refractivity contribution in [3.8, 4) is 0 Å². The molecular weight excluding hydrogens is 260 g/mol. The first-order valence-corrected chi connectivity index (χ1v) is 7.00. The molecule has 0 aliphatic heterocycles. The molecule has 6 heteroatoms. The third kappa shape index (κ3) is 5.83. The predicted molar refractivity (Wildman–Crippen MR) is 71.1 cm³/mol. The molecule has 3 N–H and O–H groups in total. The first-order chi connectivity index (χ1) is 7.89. The van der Waals surface area contributed by atoms with Crippen LogP contribution in [0.2, 0.25) is 5.02 Å². The molecular formula is C11H15ClN2O2S. The quantitative estimate of drug-likeness (QED) is 0.856. The number of sulfonamides is 1. The van der Waals surface area contributed by atoms with Crippen molar-refractivity contribution in [1.82, 2.24) is 4.72 Å². The molecule has 0 aliphatic rings. The average Bonchev–Trinajstić information content (AvgIpc) is 2.26. The molecule has 0 spiro atoms. The highest BCUT2D eigenvalue weighted by atomic mass is 35.5. The summed E-state index contributed by atoms with van der Waals surface area (Å²) >= 11 is 5.72. The molecule has 1 unspecified atom stereocenters. The Morgan fingerprint density at radius 1 is 1.41 bits per heavy atom. The molecule has 0 radical (unpaired) electrons. The van der Waals surface area contributed by atoms with Crippen LogP contribution < -0.4 is 10.5 Å². The van der Waals surface area contributed by atoms with Crippen LogP contribution in [0.1, 0.15) is 12.5 Å². The van der Waals surface area contributed by atoms with Gasteiger partial charge >= 0.3 is 0 Å². The van der Waals surface area contributed by atoms with E-state index in [4.69, 9.17) is 17.3 Å². The largest absolute Gasteiger partial charge is 0.327 e. The highest BCUT2D eigenvalue weighted by Gasteiger charge is 2.05. The Hall–Kier alpha value is -0.880. The van der Waals surface area contributed by atoms with Crippen LogP contribution in [0.15, 0.2) is 29.7 Å². The molecule has 0 saturated heterocycles. The zero-order valence-corrected chi connectivity index (χ0v) is 11.0. The van der Waals surface area contributed by atoms with Gasteiger partial charge in [0.05, 0.1) is 0 Å². The van der Waals surface area contributed by atoms with E-state index in [2.05, 4.69) is 4.72 Å². The molecule has 0 heterocycles. The smallest absolute Gasteiger partial charge is 0.233 e. The second-order valence-electron chi connectivity index (χ2n) is 3.73. The van der Waals surface area contributed by atoms with Gasteiger partial charge in [-0.15, -0.1) is 0 Å². The Morgan fingerprint density at radius 2 is 2.00 bits per heavy atom. The summed E-state index contributed by atoms with van der Waals surface area (Å²) in [6.45, 7) is 1.94. The summed E-state index contributed by atoms with van der Waals surface area (Å²) in [6, 6.07) is 6.65. The molecule has 0 bridgehead atoms. The van der Waals surface area contributed by atoms with Gasteiger partial charge in [0.2, 0.25) is 10.0 Å². The van der Waals surface area contributed by atoms with Crippen LogP contribution in [0.4, 0.5) is 0 Å². The maximum Gasteiger partial charge on any atom is 0.233 e. The lowest BCUT2D eigenvalue weighted by atomic mass is 10.2. The molecule has 0 amide bonds. The van der Waals surface area contributed by atoms with Crippen molar-refractivity contribution in [2.45, 2.75) is 13.0 Å². The van der Waals surface area contributed by atoms with E-state index in [1.807, 2.05) is 0 Å². The van der Waals surface area contributed by atoms with Crippen molar-refractivity contribution in [2.24, 2.45) is 5.73 Å². The van der Waals surface area contributed by atoms with Crippen LogP contribution in [0.5, 0.6) is 0 Å². The summed E-state index contributed by atoms with van der Waals surface area (Å²) in [7, 11) is -3.43. The van der Waals surface area contributed by atoms with Crippen LogP contribution in [-0.2, 0) is 10.0 Å². The molecule has 0 fully saturated rings. The minimum absolute atomic E-state index is 0.214. The SMILES string of the molecule is CC(N)CNS(=O)(=O)C=Cc1ccc(Cl)cc1. The van der Waals surface area contributed by atoms with E-state index < -0.39 is 10.0 Å². The fourth-order valence-electron chi connectivity index (χ4n) is 1.04. The van der Waals surface area contributed by atoms with Crippen molar-refractivity contribution >= 4 is 27.7 Å². The van der Waals surface area contributed by atoms with Gasteiger partial charge in [-0.1, -0.05) is 23.7 Å². The van der Waals surface area contributed by atoms with E-state index in [9.17, 15) is 8.42 Å². The summed E-state index contributed by atoms with van der Waals surface area (Å²) in [5.74, 6) is 0. The van der Waals surface area contributed by atoms with E-state index in [0.717, 1.165) is 11.0 Å². The average molecular weight is 275 g/mol. The number of hydrogen-bond acceptors (Lipinski definition) is 3. The van der Waals surface area contributed by atoms with Crippen LogP contribution in [-0.4, -0.2) is 21.0 Å². The van der Waals surface area contributed by atoms with Gasteiger partial charge in [-0.05, 0) is 30.7 Å². The highest BCUT2D eigenvalue weighted by Crippen LogP contribution is 2.10. The molecule has 0 aliphatic carbocycles. The maximum atomic E-state index is 11.5. The van der Waals surface area contributed by atoms with Gasteiger partial charge < -0.3 is 5.73 Å². The first kappa shape index (κ1) is 14.2. The van der Waals surface area contributed by atoms with Gasteiger partial charge in [-0.3, -0.25) is 0 Å². The summed E-state index contributed by atoms with van der Waals surface area (Å²) in [5, 5.41) is 1.72. The van der Waals surface area contributed by atoms with E-state index in [1.165, 1.54) is 6.08 Å². The van der Waals surface area contributed by atoms with Crippen LogP contribution >= 0.6 is 11.6 Å². The Balaban J connectivity index is 2.67. The molecule has 1 aromatic rings. The molecule has 1 rings (SSSR count). The predicted octanol–water partition coefficient (Wildman–Crippen LogP) is 1.58. The van der Waals surface area contributed by atoms with E-state index >= 15 is 0 Å². The Kier molecular flexibility index (Phi) is 5.14. The van der Waals surface area contributed by atoms with Crippen LogP contribution in [0.25, 0.3) is 6.08 Å². The molecule has 1 aromatic carbocycles. The van der Waals surface area contributed by atoms with Gasteiger partial charge in [0.1, 0.15) is 0 Å². The fraction of sp³-hybridized carbons (Fsp3) is 0.273. The summed E-state index contributed by atoms with van der Waals surface area (Å²) < 4.78 is 25.4. The normalized spacial score (nSPS) is 14.1. The van der Waals surface area contributed by atoms with Gasteiger partial charge in [-0.25, -0.2) is 13.1 Å². The molecule has 1 atom stereocenters. The summed E-state index contributed by atoms with van der Waals surface area (Å²) in [5.41, 5.74) is 6.22. The highest BCUT2D eigenvalue weighted by molar-refractivity contribution is 7.92. The minimum Gasteiger partial charge on any atom is -0.327 e.